The number of benzene rings is 3. The Morgan fingerprint density at radius 1 is 0.943 bits per heavy atom. The van der Waals surface area contributed by atoms with E-state index in [1.54, 1.807) is 20.1 Å². The van der Waals surface area contributed by atoms with Crippen molar-refractivity contribution in [1.82, 2.24) is 10.0 Å². The van der Waals surface area contributed by atoms with Crippen LogP contribution in [0, 0.1) is 6.92 Å². The molecular formula is C27H32N2O5S. The van der Waals surface area contributed by atoms with Crippen molar-refractivity contribution in [2.45, 2.75) is 51.3 Å². The first kappa shape index (κ1) is 26.2. The molecule has 186 valence electrons. The van der Waals surface area contributed by atoms with Gasteiger partial charge in [0.1, 0.15) is 0 Å². The van der Waals surface area contributed by atoms with Crippen LogP contribution in [0.2, 0.25) is 0 Å². The lowest BCUT2D eigenvalue weighted by atomic mass is 10.1. The Kier molecular flexibility index (Phi) is 8.53. The third-order valence-electron chi connectivity index (χ3n) is 5.47. The predicted octanol–water partition coefficient (Wildman–Crippen LogP) is 4.76. The summed E-state index contributed by atoms with van der Waals surface area (Å²) in [5.74, 6) is 0.837. The molecule has 3 aromatic carbocycles. The van der Waals surface area contributed by atoms with Gasteiger partial charge in [0.2, 0.25) is 10.0 Å². The molecule has 0 heterocycles. The van der Waals surface area contributed by atoms with Crippen molar-refractivity contribution in [3.05, 3.63) is 89.0 Å². The van der Waals surface area contributed by atoms with Crippen LogP contribution in [0.1, 0.15) is 53.9 Å². The zero-order chi connectivity index (χ0) is 25.6. The second-order valence-electron chi connectivity index (χ2n) is 8.56. The van der Waals surface area contributed by atoms with Crippen molar-refractivity contribution < 1.29 is 22.7 Å². The summed E-state index contributed by atoms with van der Waals surface area (Å²) in [6.45, 7) is 7.66. The Bertz CT molecular complexity index is 1270. The summed E-state index contributed by atoms with van der Waals surface area (Å²) in [7, 11) is -2.23. The lowest BCUT2D eigenvalue weighted by molar-refractivity contribution is 0.0939. The molecule has 0 aliphatic rings. The van der Waals surface area contributed by atoms with Crippen LogP contribution in [0.4, 0.5) is 0 Å². The molecule has 1 atom stereocenters. The molecule has 0 spiro atoms. The molecule has 2 N–H and O–H groups in total. The SMILES string of the molecule is COc1cc(C(C)NC(=O)c2cc(S(=O)(=O)NCc3ccccc3)ccc2C)ccc1OC(C)C. The molecule has 0 radical (unpaired) electrons. The molecule has 0 aliphatic heterocycles. The quantitative estimate of drug-likeness (QED) is 0.422. The van der Waals surface area contributed by atoms with E-state index in [2.05, 4.69) is 10.0 Å². The third-order valence-corrected chi connectivity index (χ3v) is 6.87. The fraction of sp³-hybridized carbons (Fsp3) is 0.296. The Labute approximate surface area is 207 Å². The molecule has 35 heavy (non-hydrogen) atoms. The van der Waals surface area contributed by atoms with E-state index in [9.17, 15) is 13.2 Å². The summed E-state index contributed by atoms with van der Waals surface area (Å²) in [5, 5.41) is 2.95. The Morgan fingerprint density at radius 2 is 1.66 bits per heavy atom. The standard InChI is InChI=1S/C27H32N2O5S/c1-18(2)34-25-14-12-22(15-26(25)33-5)20(4)29-27(30)24-16-23(13-11-19(24)3)35(31,32)28-17-21-9-7-6-8-10-21/h6-16,18,20,28H,17H2,1-5H3,(H,29,30). The van der Waals surface area contributed by atoms with Crippen molar-refractivity contribution in [3.8, 4) is 11.5 Å². The van der Waals surface area contributed by atoms with Gasteiger partial charge in [-0.1, -0.05) is 42.5 Å². The van der Waals surface area contributed by atoms with E-state index in [1.165, 1.54) is 12.1 Å². The van der Waals surface area contributed by atoms with Gasteiger partial charge >= 0.3 is 0 Å². The summed E-state index contributed by atoms with van der Waals surface area (Å²) in [4.78, 5) is 13.1. The highest BCUT2D eigenvalue weighted by molar-refractivity contribution is 7.89. The van der Waals surface area contributed by atoms with Crippen LogP contribution in [0.3, 0.4) is 0 Å². The van der Waals surface area contributed by atoms with Crippen molar-refractivity contribution >= 4 is 15.9 Å². The van der Waals surface area contributed by atoms with Gasteiger partial charge in [0, 0.05) is 12.1 Å². The van der Waals surface area contributed by atoms with Gasteiger partial charge in [-0.15, -0.1) is 0 Å². The maximum Gasteiger partial charge on any atom is 0.252 e. The van der Waals surface area contributed by atoms with Gasteiger partial charge in [0.25, 0.3) is 5.91 Å². The molecule has 0 saturated heterocycles. The lowest BCUT2D eigenvalue weighted by Gasteiger charge is -2.19. The van der Waals surface area contributed by atoms with E-state index in [0.717, 1.165) is 11.1 Å². The number of carbonyl (C=O) groups is 1. The number of sulfonamides is 1. The van der Waals surface area contributed by atoms with Crippen LogP contribution in [0.5, 0.6) is 11.5 Å². The molecule has 0 aliphatic carbocycles. The molecule has 0 bridgehead atoms. The number of carbonyl (C=O) groups excluding carboxylic acids is 1. The first-order chi connectivity index (χ1) is 16.6. The molecule has 1 unspecified atom stereocenters. The molecular weight excluding hydrogens is 464 g/mol. The van der Waals surface area contributed by atoms with E-state index in [1.807, 2.05) is 69.3 Å². The summed E-state index contributed by atoms with van der Waals surface area (Å²) in [5.41, 5.74) is 2.65. The average molecular weight is 497 g/mol. The highest BCUT2D eigenvalue weighted by Gasteiger charge is 2.20. The minimum atomic E-state index is -3.80. The van der Waals surface area contributed by atoms with Gasteiger partial charge in [-0.05, 0) is 68.7 Å². The van der Waals surface area contributed by atoms with Crippen LogP contribution >= 0.6 is 0 Å². The number of hydrogen-bond donors (Lipinski definition) is 2. The number of hydrogen-bond acceptors (Lipinski definition) is 5. The Balaban J connectivity index is 1.76. The maximum absolute atomic E-state index is 13.1. The van der Waals surface area contributed by atoms with E-state index in [4.69, 9.17) is 9.47 Å². The van der Waals surface area contributed by atoms with E-state index < -0.39 is 10.0 Å². The van der Waals surface area contributed by atoms with E-state index in [-0.39, 0.29) is 29.5 Å². The van der Waals surface area contributed by atoms with Gasteiger partial charge in [0.05, 0.1) is 24.2 Å². The summed E-state index contributed by atoms with van der Waals surface area (Å²) in [6.07, 6.45) is 0.000546. The summed E-state index contributed by atoms with van der Waals surface area (Å²) < 4.78 is 39.5. The molecule has 0 aromatic heterocycles. The summed E-state index contributed by atoms with van der Waals surface area (Å²) in [6, 6.07) is 18.9. The van der Waals surface area contributed by atoms with Gasteiger partial charge in [0.15, 0.2) is 11.5 Å². The molecule has 0 fully saturated rings. The number of rotatable bonds is 10. The normalized spacial score (nSPS) is 12.3. The van der Waals surface area contributed by atoms with Crippen LogP contribution in [-0.4, -0.2) is 27.5 Å². The smallest absolute Gasteiger partial charge is 0.252 e. The monoisotopic (exact) mass is 496 g/mol. The van der Waals surface area contributed by atoms with E-state index in [0.29, 0.717) is 22.6 Å². The molecule has 1 amide bonds. The summed E-state index contributed by atoms with van der Waals surface area (Å²) >= 11 is 0. The van der Waals surface area contributed by atoms with Gasteiger partial charge < -0.3 is 14.8 Å². The Morgan fingerprint density at radius 3 is 2.31 bits per heavy atom. The first-order valence-electron chi connectivity index (χ1n) is 11.4. The maximum atomic E-state index is 13.1. The largest absolute Gasteiger partial charge is 0.493 e. The van der Waals surface area contributed by atoms with Crippen LogP contribution in [0.15, 0.2) is 71.6 Å². The fourth-order valence-electron chi connectivity index (χ4n) is 3.53. The second-order valence-corrected chi connectivity index (χ2v) is 10.3. The average Bonchev–Trinajstić information content (AvgIpc) is 2.83. The molecule has 7 nitrogen and oxygen atoms in total. The van der Waals surface area contributed by atoms with Gasteiger partial charge in [-0.25, -0.2) is 13.1 Å². The minimum Gasteiger partial charge on any atom is -0.493 e. The fourth-order valence-corrected chi connectivity index (χ4v) is 4.58. The minimum absolute atomic E-state index is 0.000546. The lowest BCUT2D eigenvalue weighted by Crippen LogP contribution is -2.28. The van der Waals surface area contributed by atoms with Gasteiger partial charge in [-0.2, -0.15) is 0 Å². The zero-order valence-electron chi connectivity index (χ0n) is 20.7. The highest BCUT2D eigenvalue weighted by Crippen LogP contribution is 2.31. The molecule has 3 rings (SSSR count). The van der Waals surface area contributed by atoms with Crippen LogP contribution < -0.4 is 19.5 Å². The van der Waals surface area contributed by atoms with Crippen LogP contribution in [-0.2, 0) is 16.6 Å². The van der Waals surface area contributed by atoms with Crippen molar-refractivity contribution in [3.63, 3.8) is 0 Å². The van der Waals surface area contributed by atoms with Crippen LogP contribution in [0.25, 0.3) is 0 Å². The third kappa shape index (κ3) is 6.83. The van der Waals surface area contributed by atoms with E-state index >= 15 is 0 Å². The zero-order valence-corrected chi connectivity index (χ0v) is 21.5. The number of aryl methyl sites for hydroxylation is 1. The molecule has 8 heteroatoms. The van der Waals surface area contributed by atoms with Crippen molar-refractivity contribution in [1.29, 1.82) is 0 Å². The predicted molar refractivity (Wildman–Crippen MR) is 136 cm³/mol. The molecule has 3 aromatic rings. The second kappa shape index (κ2) is 11.4. The number of amides is 1. The first-order valence-corrected chi connectivity index (χ1v) is 12.9. The highest BCUT2D eigenvalue weighted by atomic mass is 32.2. The van der Waals surface area contributed by atoms with Crippen molar-refractivity contribution in [2.24, 2.45) is 0 Å². The number of methoxy groups -OCH3 is 1. The topological polar surface area (TPSA) is 93.7 Å². The van der Waals surface area contributed by atoms with Gasteiger partial charge in [-0.3, -0.25) is 4.79 Å². The van der Waals surface area contributed by atoms with Crippen molar-refractivity contribution in [2.75, 3.05) is 7.11 Å². The number of nitrogens with one attached hydrogen (secondary N) is 2. The number of ether oxygens (including phenoxy) is 2. The Hall–Kier alpha value is -3.36. The molecule has 0 saturated carbocycles.